The zero-order valence-corrected chi connectivity index (χ0v) is 17.1. The number of aromatic nitrogens is 2. The first-order chi connectivity index (χ1) is 14.0. The number of nitrogens with zero attached hydrogens (tertiary/aromatic N) is 3. The Balaban J connectivity index is 1.79. The van der Waals surface area contributed by atoms with Crippen molar-refractivity contribution in [3.05, 3.63) is 66.0 Å². The number of hydrogen-bond donors (Lipinski definition) is 2. The van der Waals surface area contributed by atoms with Crippen molar-refractivity contribution in [3.63, 3.8) is 0 Å². The van der Waals surface area contributed by atoms with Crippen LogP contribution in [0.3, 0.4) is 0 Å². The van der Waals surface area contributed by atoms with E-state index in [1.165, 1.54) is 0 Å². The maximum Gasteiger partial charge on any atom is 0.274 e. The lowest BCUT2D eigenvalue weighted by Crippen LogP contribution is -2.16. The molecular weight excluding hydrogens is 366 g/mol. The fourth-order valence-corrected chi connectivity index (χ4v) is 2.75. The first kappa shape index (κ1) is 20.1. The second-order valence-corrected chi connectivity index (χ2v) is 6.67. The number of carbonyl (C=O) groups is 1. The number of benzene rings is 2. The molecule has 0 radical (unpaired) electrons. The highest BCUT2D eigenvalue weighted by Gasteiger charge is 2.13. The number of para-hydroxylation sites is 2. The van der Waals surface area contributed by atoms with Crippen LogP contribution in [0.2, 0.25) is 0 Å². The molecule has 29 heavy (non-hydrogen) atoms. The molecule has 1 amide bonds. The van der Waals surface area contributed by atoms with Crippen LogP contribution in [-0.4, -0.2) is 36.6 Å². The van der Waals surface area contributed by atoms with Gasteiger partial charge in [0.05, 0.1) is 12.3 Å². The van der Waals surface area contributed by atoms with E-state index in [4.69, 9.17) is 4.74 Å². The van der Waals surface area contributed by atoms with E-state index in [1.54, 1.807) is 12.1 Å². The maximum atomic E-state index is 12.8. The van der Waals surface area contributed by atoms with Gasteiger partial charge in [-0.05, 0) is 56.3 Å². The highest BCUT2D eigenvalue weighted by molar-refractivity contribution is 6.03. The average molecular weight is 391 g/mol. The van der Waals surface area contributed by atoms with E-state index in [9.17, 15) is 4.79 Å². The summed E-state index contributed by atoms with van der Waals surface area (Å²) in [4.78, 5) is 23.5. The fourth-order valence-electron chi connectivity index (χ4n) is 2.75. The van der Waals surface area contributed by atoms with Crippen molar-refractivity contribution >= 4 is 28.9 Å². The molecule has 3 rings (SSSR count). The Labute approximate surface area is 170 Å². The first-order valence-corrected chi connectivity index (χ1v) is 9.39. The normalized spacial score (nSPS) is 10.3. The van der Waals surface area contributed by atoms with Crippen LogP contribution in [0.4, 0.5) is 23.0 Å². The molecule has 7 nitrogen and oxygen atoms in total. The number of anilines is 4. The maximum absolute atomic E-state index is 12.8. The second-order valence-electron chi connectivity index (χ2n) is 6.67. The van der Waals surface area contributed by atoms with Crippen molar-refractivity contribution in [1.29, 1.82) is 0 Å². The van der Waals surface area contributed by atoms with Gasteiger partial charge in [0, 0.05) is 31.2 Å². The quantitative estimate of drug-likeness (QED) is 0.627. The van der Waals surface area contributed by atoms with Gasteiger partial charge in [0.15, 0.2) is 0 Å². The van der Waals surface area contributed by atoms with Gasteiger partial charge in [-0.2, -0.15) is 0 Å². The monoisotopic (exact) mass is 391 g/mol. The molecule has 0 spiro atoms. The highest BCUT2D eigenvalue weighted by Crippen LogP contribution is 2.24. The van der Waals surface area contributed by atoms with Crippen molar-refractivity contribution in [2.24, 2.45) is 0 Å². The average Bonchev–Trinajstić information content (AvgIpc) is 2.69. The molecule has 0 aliphatic rings. The molecule has 1 aromatic heterocycles. The highest BCUT2D eigenvalue weighted by atomic mass is 16.5. The summed E-state index contributed by atoms with van der Waals surface area (Å²) in [5, 5.41) is 6.02. The van der Waals surface area contributed by atoms with Crippen molar-refractivity contribution in [2.75, 3.05) is 36.2 Å². The summed E-state index contributed by atoms with van der Waals surface area (Å²) < 4.78 is 5.56. The zero-order chi connectivity index (χ0) is 20.8. The van der Waals surface area contributed by atoms with Crippen molar-refractivity contribution < 1.29 is 9.53 Å². The summed E-state index contributed by atoms with van der Waals surface area (Å²) in [5.74, 6) is 0.660. The molecule has 3 aromatic rings. The van der Waals surface area contributed by atoms with Gasteiger partial charge < -0.3 is 20.3 Å². The SMILES string of the molecule is CCOc1ccccc1NC(=O)c1cc(C)nc(Nc2ccc(N(C)C)cc2)n1. The molecule has 0 saturated carbocycles. The van der Waals surface area contributed by atoms with Gasteiger partial charge in [0.25, 0.3) is 5.91 Å². The summed E-state index contributed by atoms with van der Waals surface area (Å²) in [6, 6.07) is 16.8. The Bertz CT molecular complexity index is 987. The number of rotatable bonds is 7. The van der Waals surface area contributed by atoms with Crippen molar-refractivity contribution in [1.82, 2.24) is 9.97 Å². The number of ether oxygens (including phenoxy) is 1. The Morgan fingerprint density at radius 2 is 1.79 bits per heavy atom. The summed E-state index contributed by atoms with van der Waals surface area (Å²) in [6.45, 7) is 4.24. The summed E-state index contributed by atoms with van der Waals surface area (Å²) in [7, 11) is 3.97. The smallest absolute Gasteiger partial charge is 0.274 e. The molecule has 0 saturated heterocycles. The lowest BCUT2D eigenvalue weighted by molar-refractivity contribution is 0.102. The minimum absolute atomic E-state index is 0.274. The van der Waals surface area contributed by atoms with Crippen LogP contribution in [-0.2, 0) is 0 Å². The molecule has 0 unspecified atom stereocenters. The molecule has 7 heteroatoms. The molecule has 0 atom stereocenters. The van der Waals surface area contributed by atoms with E-state index in [-0.39, 0.29) is 11.6 Å². The Morgan fingerprint density at radius 1 is 1.07 bits per heavy atom. The van der Waals surface area contributed by atoms with E-state index in [0.717, 1.165) is 11.4 Å². The van der Waals surface area contributed by atoms with Crippen molar-refractivity contribution in [3.8, 4) is 5.75 Å². The third-order valence-electron chi connectivity index (χ3n) is 4.16. The first-order valence-electron chi connectivity index (χ1n) is 9.39. The summed E-state index contributed by atoms with van der Waals surface area (Å²) in [6.07, 6.45) is 0. The lowest BCUT2D eigenvalue weighted by atomic mass is 10.2. The van der Waals surface area contributed by atoms with E-state index in [1.807, 2.05) is 75.3 Å². The largest absolute Gasteiger partial charge is 0.492 e. The Hall–Kier alpha value is -3.61. The number of nitrogens with one attached hydrogen (secondary N) is 2. The molecule has 0 bridgehead atoms. The number of carbonyl (C=O) groups excluding carboxylic acids is 1. The van der Waals surface area contributed by atoms with Gasteiger partial charge in [-0.25, -0.2) is 9.97 Å². The van der Waals surface area contributed by atoms with Crippen LogP contribution in [0, 0.1) is 6.92 Å². The molecule has 1 heterocycles. The number of aryl methyl sites for hydroxylation is 1. The van der Waals surface area contributed by atoms with Crippen LogP contribution >= 0.6 is 0 Å². The lowest BCUT2D eigenvalue weighted by Gasteiger charge is -2.14. The zero-order valence-electron chi connectivity index (χ0n) is 17.1. The van der Waals surface area contributed by atoms with Crippen molar-refractivity contribution in [2.45, 2.75) is 13.8 Å². The third kappa shape index (κ3) is 5.22. The van der Waals surface area contributed by atoms with E-state index in [2.05, 4.69) is 20.6 Å². The predicted octanol–water partition coefficient (Wildman–Crippen LogP) is 4.25. The van der Waals surface area contributed by atoms with Crippen LogP contribution in [0.1, 0.15) is 23.1 Å². The van der Waals surface area contributed by atoms with E-state index in [0.29, 0.717) is 29.7 Å². The molecule has 0 fully saturated rings. The van der Waals surface area contributed by atoms with Gasteiger partial charge >= 0.3 is 0 Å². The van der Waals surface area contributed by atoms with Gasteiger partial charge in [0.2, 0.25) is 5.95 Å². The fraction of sp³-hybridized carbons (Fsp3) is 0.227. The van der Waals surface area contributed by atoms with Crippen LogP contribution in [0.15, 0.2) is 54.6 Å². The molecule has 2 aromatic carbocycles. The molecule has 150 valence electrons. The summed E-state index contributed by atoms with van der Waals surface area (Å²) >= 11 is 0. The topological polar surface area (TPSA) is 79.4 Å². The summed E-state index contributed by atoms with van der Waals surface area (Å²) in [5.41, 5.74) is 3.50. The van der Waals surface area contributed by atoms with Gasteiger partial charge in [0.1, 0.15) is 11.4 Å². The Morgan fingerprint density at radius 3 is 2.48 bits per heavy atom. The Kier molecular flexibility index (Phi) is 6.29. The van der Waals surface area contributed by atoms with E-state index >= 15 is 0 Å². The van der Waals surface area contributed by atoms with Gasteiger partial charge in [-0.1, -0.05) is 12.1 Å². The molecule has 2 N–H and O–H groups in total. The molecular formula is C22H25N5O2. The molecule has 0 aliphatic heterocycles. The molecule has 0 aliphatic carbocycles. The number of amides is 1. The van der Waals surface area contributed by atoms with Crippen LogP contribution in [0.25, 0.3) is 0 Å². The van der Waals surface area contributed by atoms with Gasteiger partial charge in [-0.15, -0.1) is 0 Å². The standard InChI is InChI=1S/C22H25N5O2/c1-5-29-20-9-7-6-8-18(20)25-21(28)19-14-15(2)23-22(26-19)24-16-10-12-17(13-11-16)27(3)4/h6-14H,5H2,1-4H3,(H,25,28)(H,23,24,26). The number of hydrogen-bond acceptors (Lipinski definition) is 6. The predicted molar refractivity (Wildman–Crippen MR) is 116 cm³/mol. The second kappa shape index (κ2) is 9.05. The van der Waals surface area contributed by atoms with Gasteiger partial charge in [-0.3, -0.25) is 4.79 Å². The minimum Gasteiger partial charge on any atom is -0.492 e. The third-order valence-corrected chi connectivity index (χ3v) is 4.16. The van der Waals surface area contributed by atoms with E-state index < -0.39 is 0 Å². The van der Waals surface area contributed by atoms with Crippen LogP contribution < -0.4 is 20.3 Å². The minimum atomic E-state index is -0.325. The van der Waals surface area contributed by atoms with Crippen LogP contribution in [0.5, 0.6) is 5.75 Å².